The van der Waals surface area contributed by atoms with Gasteiger partial charge in [-0.15, -0.1) is 0 Å². The van der Waals surface area contributed by atoms with Gasteiger partial charge in [-0.1, -0.05) is 12.1 Å². The molecule has 138 valence electrons. The molecule has 0 bridgehead atoms. The Morgan fingerprint density at radius 1 is 1.40 bits per heavy atom. The van der Waals surface area contributed by atoms with Gasteiger partial charge in [0, 0.05) is 16.7 Å². The fourth-order valence-corrected chi connectivity index (χ4v) is 3.42. The van der Waals surface area contributed by atoms with Crippen LogP contribution < -0.4 is 5.32 Å². The summed E-state index contributed by atoms with van der Waals surface area (Å²) >= 11 is 2.19. The number of nitrogens with zero attached hydrogens (tertiary/aromatic N) is 1. The number of nitrogens with one attached hydrogen (secondary N) is 1. The Bertz CT molecular complexity index is 610. The lowest BCUT2D eigenvalue weighted by Gasteiger charge is -2.32. The van der Waals surface area contributed by atoms with E-state index in [1.54, 1.807) is 13.8 Å². The van der Waals surface area contributed by atoms with Crippen LogP contribution in [-0.4, -0.2) is 58.5 Å². The van der Waals surface area contributed by atoms with Gasteiger partial charge in [0.1, 0.15) is 12.1 Å². The quantitative estimate of drug-likeness (QED) is 0.435. The zero-order valence-corrected chi connectivity index (χ0v) is 16.3. The zero-order chi connectivity index (χ0) is 18.6. The van der Waals surface area contributed by atoms with Crippen LogP contribution in [0.25, 0.3) is 0 Å². The van der Waals surface area contributed by atoms with Crippen molar-refractivity contribution in [2.24, 2.45) is 5.92 Å². The standard InChI is InChI=1S/C17H23IN2O5/c1-3-19-17(24)20(8-11-4-6-12(18)7-5-11)15-14(13(22)9-21)10(2)25-16(15)23/h4-7,10,13-15,21-22H,3,8-9H2,1-2H3,(H,19,24)/t10-,13-,14+,15-/m1/s1. The lowest BCUT2D eigenvalue weighted by atomic mass is 9.90. The minimum Gasteiger partial charge on any atom is -0.461 e. The predicted octanol–water partition coefficient (Wildman–Crippen LogP) is 1.11. The van der Waals surface area contributed by atoms with Crippen molar-refractivity contribution in [3.05, 3.63) is 33.4 Å². The molecule has 2 rings (SSSR count). The number of cyclic esters (lactones) is 1. The van der Waals surface area contributed by atoms with Crippen molar-refractivity contribution in [3.8, 4) is 0 Å². The van der Waals surface area contributed by atoms with Crippen LogP contribution in [0.15, 0.2) is 24.3 Å². The predicted molar refractivity (Wildman–Crippen MR) is 99.7 cm³/mol. The third kappa shape index (κ3) is 4.62. The van der Waals surface area contributed by atoms with E-state index in [0.29, 0.717) is 6.54 Å². The van der Waals surface area contributed by atoms with Crippen molar-refractivity contribution in [1.29, 1.82) is 0 Å². The molecule has 1 aliphatic rings. The van der Waals surface area contributed by atoms with Crippen LogP contribution in [0.4, 0.5) is 4.79 Å². The van der Waals surface area contributed by atoms with Crippen LogP contribution in [0, 0.1) is 9.49 Å². The molecule has 3 N–H and O–H groups in total. The van der Waals surface area contributed by atoms with Gasteiger partial charge in [-0.25, -0.2) is 9.59 Å². The Morgan fingerprint density at radius 2 is 2.04 bits per heavy atom. The van der Waals surface area contributed by atoms with E-state index in [1.807, 2.05) is 24.3 Å². The molecule has 1 aromatic rings. The van der Waals surface area contributed by atoms with E-state index in [9.17, 15) is 19.8 Å². The maximum absolute atomic E-state index is 12.6. The molecule has 1 heterocycles. The summed E-state index contributed by atoms with van der Waals surface area (Å²) in [5.74, 6) is -1.26. The molecule has 0 saturated carbocycles. The summed E-state index contributed by atoms with van der Waals surface area (Å²) in [5.41, 5.74) is 0.858. The van der Waals surface area contributed by atoms with Gasteiger partial charge >= 0.3 is 12.0 Å². The monoisotopic (exact) mass is 462 g/mol. The van der Waals surface area contributed by atoms with Crippen molar-refractivity contribution in [2.75, 3.05) is 13.2 Å². The van der Waals surface area contributed by atoms with Crippen molar-refractivity contribution >= 4 is 34.6 Å². The SMILES string of the molecule is CCNC(=O)N(Cc1ccc(I)cc1)[C@H]1C(=O)O[C@H](C)[C@H]1[C@H](O)CO. The van der Waals surface area contributed by atoms with Crippen LogP contribution in [0.3, 0.4) is 0 Å². The number of esters is 1. The van der Waals surface area contributed by atoms with E-state index in [2.05, 4.69) is 27.9 Å². The summed E-state index contributed by atoms with van der Waals surface area (Å²) in [4.78, 5) is 26.3. The molecule has 0 spiro atoms. The van der Waals surface area contributed by atoms with Crippen molar-refractivity contribution in [3.63, 3.8) is 0 Å². The number of carbonyl (C=O) groups excluding carboxylic acids is 2. The molecule has 25 heavy (non-hydrogen) atoms. The average molecular weight is 462 g/mol. The Hall–Kier alpha value is -1.39. The van der Waals surface area contributed by atoms with Gasteiger partial charge in [0.05, 0.1) is 18.6 Å². The number of benzene rings is 1. The van der Waals surface area contributed by atoms with Crippen LogP contribution >= 0.6 is 22.6 Å². The highest BCUT2D eigenvalue weighted by atomic mass is 127. The Balaban J connectivity index is 2.33. The number of hydrogen-bond acceptors (Lipinski definition) is 5. The number of carbonyl (C=O) groups is 2. The molecule has 1 saturated heterocycles. The Kier molecular flexibility index (Phi) is 7.03. The van der Waals surface area contributed by atoms with Crippen LogP contribution in [0.1, 0.15) is 19.4 Å². The van der Waals surface area contributed by atoms with Gasteiger partial charge in [0.2, 0.25) is 0 Å². The molecule has 4 atom stereocenters. The minimum atomic E-state index is -1.15. The number of aliphatic hydroxyl groups is 2. The Morgan fingerprint density at radius 3 is 2.60 bits per heavy atom. The summed E-state index contributed by atoms with van der Waals surface area (Å²) in [6.07, 6.45) is -1.74. The third-order valence-corrected chi connectivity index (χ3v) is 4.99. The maximum atomic E-state index is 12.6. The molecule has 1 aromatic carbocycles. The van der Waals surface area contributed by atoms with E-state index >= 15 is 0 Å². The third-order valence-electron chi connectivity index (χ3n) is 4.27. The van der Waals surface area contributed by atoms with E-state index in [4.69, 9.17) is 4.74 Å². The van der Waals surface area contributed by atoms with E-state index in [0.717, 1.165) is 9.13 Å². The number of urea groups is 1. The van der Waals surface area contributed by atoms with Gasteiger partial charge < -0.3 is 25.2 Å². The van der Waals surface area contributed by atoms with Crippen molar-refractivity contribution in [1.82, 2.24) is 10.2 Å². The fraction of sp³-hybridized carbons (Fsp3) is 0.529. The summed E-state index contributed by atoms with van der Waals surface area (Å²) in [7, 11) is 0. The maximum Gasteiger partial charge on any atom is 0.329 e. The van der Waals surface area contributed by atoms with E-state index in [1.165, 1.54) is 4.90 Å². The summed E-state index contributed by atoms with van der Waals surface area (Å²) in [6, 6.07) is 6.24. The first-order valence-corrected chi connectivity index (χ1v) is 9.25. The van der Waals surface area contributed by atoms with Crippen molar-refractivity contribution < 1.29 is 24.5 Å². The summed E-state index contributed by atoms with van der Waals surface area (Å²) in [6.45, 7) is 3.55. The number of aliphatic hydroxyl groups excluding tert-OH is 2. The minimum absolute atomic E-state index is 0.198. The largest absolute Gasteiger partial charge is 0.461 e. The summed E-state index contributed by atoms with van der Waals surface area (Å²) < 4.78 is 6.31. The molecule has 1 aliphatic heterocycles. The van der Waals surface area contributed by atoms with Gasteiger partial charge in [0.25, 0.3) is 0 Å². The molecule has 0 radical (unpaired) electrons. The van der Waals surface area contributed by atoms with Gasteiger partial charge in [0.15, 0.2) is 0 Å². The van der Waals surface area contributed by atoms with Crippen LogP contribution in [0.2, 0.25) is 0 Å². The molecule has 0 aromatic heterocycles. The number of ether oxygens (including phenoxy) is 1. The molecule has 0 aliphatic carbocycles. The van der Waals surface area contributed by atoms with Gasteiger partial charge in [-0.05, 0) is 54.1 Å². The molecule has 7 nitrogen and oxygen atoms in total. The zero-order valence-electron chi connectivity index (χ0n) is 14.2. The highest BCUT2D eigenvalue weighted by molar-refractivity contribution is 14.1. The number of halogens is 1. The molecule has 1 fully saturated rings. The topological polar surface area (TPSA) is 99.1 Å². The lowest BCUT2D eigenvalue weighted by molar-refractivity contribution is -0.144. The number of hydrogen-bond donors (Lipinski definition) is 3. The van der Waals surface area contributed by atoms with Crippen LogP contribution in [0.5, 0.6) is 0 Å². The highest BCUT2D eigenvalue weighted by Crippen LogP contribution is 2.31. The second-order valence-corrected chi connectivity index (χ2v) is 7.25. The normalized spacial score (nSPS) is 23.9. The van der Waals surface area contributed by atoms with Gasteiger partial charge in [-0.3, -0.25) is 0 Å². The Labute approximate surface area is 160 Å². The molecule has 2 amide bonds. The van der Waals surface area contributed by atoms with Crippen LogP contribution in [-0.2, 0) is 16.1 Å². The summed E-state index contributed by atoms with van der Waals surface area (Å²) in [5, 5.41) is 22.2. The second-order valence-electron chi connectivity index (χ2n) is 6.00. The van der Waals surface area contributed by atoms with E-state index in [-0.39, 0.29) is 6.54 Å². The smallest absolute Gasteiger partial charge is 0.329 e. The molecular weight excluding hydrogens is 439 g/mol. The average Bonchev–Trinajstić information content (AvgIpc) is 2.87. The molecular formula is C17H23IN2O5. The molecule has 0 unspecified atom stereocenters. The molecule has 8 heteroatoms. The first-order chi connectivity index (χ1) is 11.9. The van der Waals surface area contributed by atoms with E-state index < -0.39 is 42.8 Å². The fourth-order valence-electron chi connectivity index (χ4n) is 3.06. The first-order valence-electron chi connectivity index (χ1n) is 8.17. The number of amides is 2. The van der Waals surface area contributed by atoms with Crippen molar-refractivity contribution in [2.45, 2.75) is 38.6 Å². The first kappa shape index (κ1) is 19.9. The number of rotatable bonds is 6. The second kappa shape index (κ2) is 8.81. The lowest BCUT2D eigenvalue weighted by Crippen LogP contribution is -2.53. The highest BCUT2D eigenvalue weighted by Gasteiger charge is 2.50. The van der Waals surface area contributed by atoms with Gasteiger partial charge in [-0.2, -0.15) is 0 Å².